The number of nitrogens with zero attached hydrogens (tertiary/aromatic N) is 1. The fourth-order valence-corrected chi connectivity index (χ4v) is 3.50. The van der Waals surface area contributed by atoms with Gasteiger partial charge in [0.2, 0.25) is 0 Å². The molecule has 0 bridgehead atoms. The average molecular weight is 367 g/mol. The third-order valence-electron chi connectivity index (χ3n) is 5.38. The van der Waals surface area contributed by atoms with Crippen LogP contribution in [0.1, 0.15) is 59.3 Å². The summed E-state index contributed by atoms with van der Waals surface area (Å²) in [6, 6.07) is -0.524. The van der Waals surface area contributed by atoms with Gasteiger partial charge >= 0.3 is 12.0 Å². The number of carbonyl (C=O) groups excluding carboxylic acids is 4. The van der Waals surface area contributed by atoms with Gasteiger partial charge in [-0.3, -0.25) is 19.3 Å². The summed E-state index contributed by atoms with van der Waals surface area (Å²) >= 11 is 0. The third-order valence-corrected chi connectivity index (χ3v) is 5.38. The molecule has 0 atom stereocenters. The molecule has 0 unspecified atom stereocenters. The second kappa shape index (κ2) is 8.51. The van der Waals surface area contributed by atoms with E-state index in [0.29, 0.717) is 18.8 Å². The Morgan fingerprint density at radius 2 is 1.88 bits per heavy atom. The highest BCUT2D eigenvalue weighted by atomic mass is 16.5. The number of imide groups is 1. The van der Waals surface area contributed by atoms with Crippen LogP contribution in [0.4, 0.5) is 4.79 Å². The van der Waals surface area contributed by atoms with Gasteiger partial charge in [0.15, 0.2) is 6.61 Å². The van der Waals surface area contributed by atoms with Crippen LogP contribution in [-0.4, -0.2) is 53.4 Å². The smallest absolute Gasteiger partial charge is 0.326 e. The first-order valence-electron chi connectivity index (χ1n) is 9.40. The number of carbonyl (C=O) groups is 4. The predicted octanol–water partition coefficient (Wildman–Crippen LogP) is 1.34. The lowest BCUT2D eigenvalue weighted by Gasteiger charge is -2.33. The number of rotatable bonds is 7. The maximum atomic E-state index is 12.7. The number of ether oxygens (including phenoxy) is 1. The topological polar surface area (TPSA) is 105 Å². The lowest BCUT2D eigenvalue weighted by Crippen LogP contribution is -2.49. The molecule has 0 aromatic carbocycles. The van der Waals surface area contributed by atoms with E-state index >= 15 is 0 Å². The molecule has 2 fully saturated rings. The Kier molecular flexibility index (Phi) is 6.61. The van der Waals surface area contributed by atoms with Crippen molar-refractivity contribution < 1.29 is 23.9 Å². The van der Waals surface area contributed by atoms with Crippen LogP contribution in [0.15, 0.2) is 0 Å². The first kappa shape index (κ1) is 20.2. The summed E-state index contributed by atoms with van der Waals surface area (Å²) in [4.78, 5) is 49.4. The minimum absolute atomic E-state index is 0.0423. The van der Waals surface area contributed by atoms with Crippen LogP contribution in [-0.2, 0) is 19.1 Å². The molecule has 1 aliphatic carbocycles. The lowest BCUT2D eigenvalue weighted by molar-refractivity contribution is -0.151. The van der Waals surface area contributed by atoms with Gasteiger partial charge in [-0.05, 0) is 44.4 Å². The molecule has 0 radical (unpaired) electrons. The van der Waals surface area contributed by atoms with Crippen molar-refractivity contribution in [3.8, 4) is 0 Å². The number of hydrogen-bond donors (Lipinski definition) is 2. The largest absolute Gasteiger partial charge is 0.454 e. The highest BCUT2D eigenvalue weighted by Crippen LogP contribution is 2.36. The van der Waals surface area contributed by atoms with E-state index in [2.05, 4.69) is 17.6 Å². The van der Waals surface area contributed by atoms with Gasteiger partial charge in [0.05, 0.1) is 0 Å². The minimum Gasteiger partial charge on any atom is -0.454 e. The molecule has 1 heterocycles. The summed E-state index contributed by atoms with van der Waals surface area (Å²) < 4.78 is 4.92. The highest BCUT2D eigenvalue weighted by molar-refractivity contribution is 6.08. The van der Waals surface area contributed by atoms with Crippen LogP contribution in [0.3, 0.4) is 0 Å². The minimum atomic E-state index is -0.878. The van der Waals surface area contributed by atoms with Gasteiger partial charge in [0, 0.05) is 6.04 Å². The van der Waals surface area contributed by atoms with Gasteiger partial charge in [-0.15, -0.1) is 0 Å². The Balaban J connectivity index is 1.84. The molecule has 8 heteroatoms. The van der Waals surface area contributed by atoms with E-state index in [4.69, 9.17) is 4.74 Å². The van der Waals surface area contributed by atoms with Crippen LogP contribution >= 0.6 is 0 Å². The average Bonchev–Trinajstić information content (AvgIpc) is 2.85. The molecule has 0 aromatic heterocycles. The van der Waals surface area contributed by atoms with E-state index in [9.17, 15) is 19.2 Å². The number of hydrogen-bond acceptors (Lipinski definition) is 5. The number of amides is 4. The molecule has 0 aromatic rings. The standard InChI is InChI=1S/C18H29N3O5/c1-4-13(5-2)19-14(22)11-26-15(23)10-21-16(24)18(20-17(21)25)8-6-12(3)7-9-18/h12-13H,4-11H2,1-3H3,(H,19,22)(H,20,25). The van der Waals surface area contributed by atoms with Gasteiger partial charge < -0.3 is 15.4 Å². The maximum Gasteiger partial charge on any atom is 0.326 e. The van der Waals surface area contributed by atoms with E-state index in [1.165, 1.54) is 0 Å². The van der Waals surface area contributed by atoms with Gasteiger partial charge in [-0.25, -0.2) is 4.79 Å². The van der Waals surface area contributed by atoms with Crippen LogP contribution < -0.4 is 10.6 Å². The molecule has 1 aliphatic heterocycles. The molecule has 146 valence electrons. The summed E-state index contributed by atoms with van der Waals surface area (Å²) in [6.07, 6.45) is 4.48. The number of urea groups is 1. The second-order valence-electron chi connectivity index (χ2n) is 7.33. The lowest BCUT2D eigenvalue weighted by atomic mass is 9.77. The van der Waals surface area contributed by atoms with Crippen LogP contribution in [0.2, 0.25) is 0 Å². The van der Waals surface area contributed by atoms with Crippen molar-refractivity contribution in [2.24, 2.45) is 5.92 Å². The first-order valence-corrected chi connectivity index (χ1v) is 9.40. The Hall–Kier alpha value is -2.12. The van der Waals surface area contributed by atoms with Crippen molar-refractivity contribution >= 4 is 23.8 Å². The van der Waals surface area contributed by atoms with Crippen LogP contribution in [0.25, 0.3) is 0 Å². The number of esters is 1. The molecule has 4 amide bonds. The summed E-state index contributed by atoms with van der Waals surface area (Å²) in [5.74, 6) is -0.998. The van der Waals surface area contributed by atoms with Crippen LogP contribution in [0, 0.1) is 5.92 Å². The number of nitrogens with one attached hydrogen (secondary N) is 2. The van der Waals surface area contributed by atoms with Crippen molar-refractivity contribution in [1.29, 1.82) is 0 Å². The fourth-order valence-electron chi connectivity index (χ4n) is 3.50. The summed E-state index contributed by atoms with van der Waals surface area (Å²) in [6.45, 7) is 5.15. The van der Waals surface area contributed by atoms with Crippen LogP contribution in [0.5, 0.6) is 0 Å². The zero-order valence-electron chi connectivity index (χ0n) is 15.8. The fraction of sp³-hybridized carbons (Fsp3) is 0.778. The molecule has 1 spiro atoms. The Morgan fingerprint density at radius 1 is 1.27 bits per heavy atom. The van der Waals surface area contributed by atoms with Gasteiger partial charge in [0.1, 0.15) is 12.1 Å². The highest BCUT2D eigenvalue weighted by Gasteiger charge is 2.52. The monoisotopic (exact) mass is 367 g/mol. The Morgan fingerprint density at radius 3 is 2.46 bits per heavy atom. The normalized spacial score (nSPS) is 25.5. The molecular formula is C18H29N3O5. The van der Waals surface area contributed by atoms with E-state index in [1.54, 1.807) is 0 Å². The van der Waals surface area contributed by atoms with Gasteiger partial charge in [-0.1, -0.05) is 20.8 Å². The summed E-state index contributed by atoms with van der Waals surface area (Å²) in [7, 11) is 0. The zero-order valence-corrected chi connectivity index (χ0v) is 15.8. The van der Waals surface area contributed by atoms with Crippen molar-refractivity contribution in [3.63, 3.8) is 0 Å². The van der Waals surface area contributed by atoms with E-state index in [1.807, 2.05) is 13.8 Å². The summed E-state index contributed by atoms with van der Waals surface area (Å²) in [5, 5.41) is 5.51. The Bertz CT molecular complexity index is 565. The van der Waals surface area contributed by atoms with Crippen molar-refractivity contribution in [2.45, 2.75) is 70.9 Å². The van der Waals surface area contributed by atoms with Crippen molar-refractivity contribution in [1.82, 2.24) is 15.5 Å². The first-order chi connectivity index (χ1) is 12.3. The molecule has 1 saturated carbocycles. The van der Waals surface area contributed by atoms with Gasteiger partial charge in [0.25, 0.3) is 11.8 Å². The molecule has 2 aliphatic rings. The quantitative estimate of drug-likeness (QED) is 0.522. The predicted molar refractivity (Wildman–Crippen MR) is 94.1 cm³/mol. The van der Waals surface area contributed by atoms with E-state index in [-0.39, 0.29) is 17.9 Å². The maximum absolute atomic E-state index is 12.7. The molecule has 8 nitrogen and oxygen atoms in total. The SMILES string of the molecule is CCC(CC)NC(=O)COC(=O)CN1C(=O)NC2(CCC(C)CC2)C1=O. The summed E-state index contributed by atoms with van der Waals surface area (Å²) in [5.41, 5.74) is -0.878. The Labute approximate surface area is 154 Å². The second-order valence-corrected chi connectivity index (χ2v) is 7.33. The van der Waals surface area contributed by atoms with Crippen molar-refractivity contribution in [2.75, 3.05) is 13.2 Å². The molecule has 26 heavy (non-hydrogen) atoms. The van der Waals surface area contributed by atoms with Gasteiger partial charge in [-0.2, -0.15) is 0 Å². The van der Waals surface area contributed by atoms with Crippen molar-refractivity contribution in [3.05, 3.63) is 0 Å². The van der Waals surface area contributed by atoms with E-state index < -0.39 is 30.7 Å². The third kappa shape index (κ3) is 4.53. The molecule has 2 N–H and O–H groups in total. The zero-order chi connectivity index (χ0) is 19.3. The van der Waals surface area contributed by atoms with E-state index in [0.717, 1.165) is 30.6 Å². The molecular weight excluding hydrogens is 338 g/mol. The molecule has 1 saturated heterocycles. The molecule has 2 rings (SSSR count).